The predicted octanol–water partition coefficient (Wildman–Crippen LogP) is 4.62. The third-order valence-electron chi connectivity index (χ3n) is 7.09. The summed E-state index contributed by atoms with van der Waals surface area (Å²) in [5, 5.41) is 3.39. The van der Waals surface area contributed by atoms with Crippen molar-refractivity contribution in [3.8, 4) is 17.0 Å². The molecule has 1 N–H and O–H groups in total. The van der Waals surface area contributed by atoms with Crippen molar-refractivity contribution in [3.05, 3.63) is 72.2 Å². The van der Waals surface area contributed by atoms with Crippen LogP contribution in [0.1, 0.15) is 28.8 Å². The van der Waals surface area contributed by atoms with Crippen LogP contribution in [0.25, 0.3) is 16.9 Å². The van der Waals surface area contributed by atoms with Crippen LogP contribution in [0.3, 0.4) is 0 Å². The fraction of sp³-hybridized carbons (Fsp3) is 0.321. The van der Waals surface area contributed by atoms with Crippen molar-refractivity contribution in [2.45, 2.75) is 25.8 Å². The Morgan fingerprint density at radius 2 is 1.86 bits per heavy atom. The molecule has 0 aliphatic carbocycles. The van der Waals surface area contributed by atoms with Gasteiger partial charge in [0.25, 0.3) is 5.91 Å². The molecule has 8 heteroatoms. The number of ether oxygens (including phenoxy) is 1. The smallest absolute Gasteiger partial charge is 0.254 e. The summed E-state index contributed by atoms with van der Waals surface area (Å²) in [5.41, 5.74) is 5.25. The molecular weight excluding hydrogens is 452 g/mol. The number of nitrogens with zero attached hydrogens (tertiary/aromatic N) is 5. The van der Waals surface area contributed by atoms with Crippen molar-refractivity contribution < 1.29 is 9.53 Å². The highest BCUT2D eigenvalue weighted by molar-refractivity contribution is 5.96. The van der Waals surface area contributed by atoms with Gasteiger partial charge in [-0.3, -0.25) is 9.20 Å². The van der Waals surface area contributed by atoms with Crippen molar-refractivity contribution in [1.29, 1.82) is 0 Å². The zero-order valence-corrected chi connectivity index (χ0v) is 21.2. The van der Waals surface area contributed by atoms with E-state index in [1.807, 2.05) is 78.1 Å². The van der Waals surface area contributed by atoms with Gasteiger partial charge in [-0.15, -0.1) is 0 Å². The molecule has 1 fully saturated rings. The lowest BCUT2D eigenvalue weighted by Crippen LogP contribution is -2.44. The van der Waals surface area contributed by atoms with Gasteiger partial charge in [-0.05, 0) is 87.9 Å². The number of methoxy groups -OCH3 is 1. The monoisotopic (exact) mass is 484 g/mol. The first-order chi connectivity index (χ1) is 17.4. The van der Waals surface area contributed by atoms with Gasteiger partial charge in [-0.2, -0.15) is 0 Å². The lowest BCUT2D eigenvalue weighted by Gasteiger charge is -2.35. The van der Waals surface area contributed by atoms with Crippen molar-refractivity contribution in [2.24, 2.45) is 0 Å². The summed E-state index contributed by atoms with van der Waals surface area (Å²) >= 11 is 0. The average molecular weight is 485 g/mol. The number of fused-ring (bicyclic) bond motifs is 1. The van der Waals surface area contributed by atoms with Gasteiger partial charge in [0.1, 0.15) is 5.75 Å². The Labute approximate surface area is 211 Å². The summed E-state index contributed by atoms with van der Waals surface area (Å²) in [7, 11) is 5.71. The number of aromatic nitrogens is 3. The summed E-state index contributed by atoms with van der Waals surface area (Å²) in [4.78, 5) is 26.6. The number of carbonyl (C=O) groups excluding carboxylic acids is 1. The zero-order valence-electron chi connectivity index (χ0n) is 21.2. The molecule has 0 spiro atoms. The minimum atomic E-state index is 0.0752. The van der Waals surface area contributed by atoms with Gasteiger partial charge < -0.3 is 19.9 Å². The van der Waals surface area contributed by atoms with Gasteiger partial charge >= 0.3 is 0 Å². The number of hydrogen-bond donors (Lipinski definition) is 1. The van der Waals surface area contributed by atoms with Crippen LogP contribution in [0.2, 0.25) is 0 Å². The number of carbonyl (C=O) groups is 1. The SMILES string of the molecule is COc1ccc(-c2cnc3c(Nc4ccc(C(=O)N(C)C5CCN(C)CC5)c(C)c4)nccn23)cc1. The van der Waals surface area contributed by atoms with E-state index in [1.54, 1.807) is 13.3 Å². The Hall–Kier alpha value is -3.91. The number of likely N-dealkylation sites (tertiary alicyclic amines) is 1. The number of piperidine rings is 1. The summed E-state index contributed by atoms with van der Waals surface area (Å²) in [6.07, 6.45) is 7.52. The average Bonchev–Trinajstić information content (AvgIpc) is 3.34. The Morgan fingerprint density at radius 3 is 2.56 bits per heavy atom. The second kappa shape index (κ2) is 9.99. The normalized spacial score (nSPS) is 14.7. The number of rotatable bonds is 6. The van der Waals surface area contributed by atoms with Gasteiger partial charge in [0.05, 0.1) is 19.0 Å². The summed E-state index contributed by atoms with van der Waals surface area (Å²) in [6.45, 7) is 4.03. The van der Waals surface area contributed by atoms with Crippen LogP contribution in [-0.2, 0) is 0 Å². The molecule has 1 saturated heterocycles. The highest BCUT2D eigenvalue weighted by Gasteiger charge is 2.25. The Balaban J connectivity index is 1.36. The van der Waals surface area contributed by atoms with Crippen LogP contribution < -0.4 is 10.1 Å². The van der Waals surface area contributed by atoms with Crippen molar-refractivity contribution >= 4 is 23.1 Å². The van der Waals surface area contributed by atoms with E-state index in [-0.39, 0.29) is 11.9 Å². The lowest BCUT2D eigenvalue weighted by molar-refractivity contribution is 0.0659. The topological polar surface area (TPSA) is 75.0 Å². The van der Waals surface area contributed by atoms with Crippen molar-refractivity contribution in [2.75, 3.05) is 39.6 Å². The maximum Gasteiger partial charge on any atom is 0.254 e. The van der Waals surface area contributed by atoms with Crippen LogP contribution in [0.5, 0.6) is 5.75 Å². The number of benzene rings is 2. The van der Waals surface area contributed by atoms with Crippen LogP contribution >= 0.6 is 0 Å². The maximum atomic E-state index is 13.2. The van der Waals surface area contributed by atoms with E-state index in [0.717, 1.165) is 65.4 Å². The largest absolute Gasteiger partial charge is 0.497 e. The van der Waals surface area contributed by atoms with E-state index in [2.05, 4.69) is 27.2 Å². The lowest BCUT2D eigenvalue weighted by atomic mass is 10.0. The van der Waals surface area contributed by atoms with Crippen LogP contribution in [0, 0.1) is 6.92 Å². The molecule has 0 unspecified atom stereocenters. The molecule has 4 aromatic rings. The first-order valence-corrected chi connectivity index (χ1v) is 12.2. The Kier molecular flexibility index (Phi) is 6.61. The van der Waals surface area contributed by atoms with Gasteiger partial charge in [0, 0.05) is 42.3 Å². The molecule has 186 valence electrons. The maximum absolute atomic E-state index is 13.2. The molecule has 0 bridgehead atoms. The quantitative estimate of drug-likeness (QED) is 0.430. The predicted molar refractivity (Wildman–Crippen MR) is 142 cm³/mol. The fourth-order valence-electron chi connectivity index (χ4n) is 4.84. The van der Waals surface area contributed by atoms with Crippen LogP contribution in [0.15, 0.2) is 61.1 Å². The number of imidazole rings is 1. The third-order valence-corrected chi connectivity index (χ3v) is 7.09. The third kappa shape index (κ3) is 4.64. The second-order valence-corrected chi connectivity index (χ2v) is 9.45. The van der Waals surface area contributed by atoms with E-state index in [4.69, 9.17) is 4.74 Å². The molecule has 36 heavy (non-hydrogen) atoms. The number of anilines is 2. The van der Waals surface area contributed by atoms with E-state index >= 15 is 0 Å². The summed E-state index contributed by atoms with van der Waals surface area (Å²) < 4.78 is 7.28. The van der Waals surface area contributed by atoms with Gasteiger partial charge in [-0.1, -0.05) is 0 Å². The van der Waals surface area contributed by atoms with E-state index in [1.165, 1.54) is 0 Å². The molecule has 0 radical (unpaired) electrons. The van der Waals surface area contributed by atoms with E-state index < -0.39 is 0 Å². The molecule has 1 aliphatic rings. The molecule has 3 heterocycles. The summed E-state index contributed by atoms with van der Waals surface area (Å²) in [6, 6.07) is 14.0. The van der Waals surface area contributed by atoms with Crippen LogP contribution in [0.4, 0.5) is 11.5 Å². The highest BCUT2D eigenvalue weighted by atomic mass is 16.5. The van der Waals surface area contributed by atoms with E-state index in [0.29, 0.717) is 5.82 Å². The molecule has 8 nitrogen and oxygen atoms in total. The molecule has 0 atom stereocenters. The fourth-order valence-corrected chi connectivity index (χ4v) is 4.84. The first-order valence-electron chi connectivity index (χ1n) is 12.2. The zero-order chi connectivity index (χ0) is 25.2. The van der Waals surface area contributed by atoms with Crippen molar-refractivity contribution in [1.82, 2.24) is 24.2 Å². The minimum absolute atomic E-state index is 0.0752. The van der Waals surface area contributed by atoms with Crippen molar-refractivity contribution in [3.63, 3.8) is 0 Å². The number of hydrogen-bond acceptors (Lipinski definition) is 6. The molecule has 0 saturated carbocycles. The minimum Gasteiger partial charge on any atom is -0.497 e. The molecular formula is C28H32N6O2. The summed E-state index contributed by atoms with van der Waals surface area (Å²) in [5.74, 6) is 1.54. The number of nitrogens with one attached hydrogen (secondary N) is 1. The second-order valence-electron chi connectivity index (χ2n) is 9.45. The highest BCUT2D eigenvalue weighted by Crippen LogP contribution is 2.27. The molecule has 1 amide bonds. The molecule has 2 aromatic carbocycles. The van der Waals surface area contributed by atoms with Crippen LogP contribution in [-0.4, -0.2) is 70.4 Å². The molecule has 5 rings (SSSR count). The molecule has 1 aliphatic heterocycles. The number of aryl methyl sites for hydroxylation is 1. The first kappa shape index (κ1) is 23.8. The number of amides is 1. The van der Waals surface area contributed by atoms with Gasteiger partial charge in [0.2, 0.25) is 0 Å². The van der Waals surface area contributed by atoms with E-state index in [9.17, 15) is 4.79 Å². The van der Waals surface area contributed by atoms with Gasteiger partial charge in [0.15, 0.2) is 11.5 Å². The standard InChI is InChI=1S/C28H32N6O2/c1-19-17-21(7-10-24(19)28(35)33(3)22-11-14-32(2)15-12-22)31-26-27-30-18-25(34(27)16-13-29-26)20-5-8-23(36-4)9-6-20/h5-10,13,16-18,22H,11-12,14-15H2,1-4H3,(H,29,31). The Morgan fingerprint density at radius 1 is 1.11 bits per heavy atom. The Bertz CT molecular complexity index is 1370. The molecule has 2 aromatic heterocycles. The van der Waals surface area contributed by atoms with Gasteiger partial charge in [-0.25, -0.2) is 9.97 Å².